The Hall–Kier alpha value is -1.64. The van der Waals surface area contributed by atoms with Gasteiger partial charge in [-0.3, -0.25) is 4.79 Å². The van der Waals surface area contributed by atoms with E-state index >= 15 is 0 Å². The molecule has 1 aromatic rings. The number of hydrogen-bond donors (Lipinski definition) is 0. The van der Waals surface area contributed by atoms with Gasteiger partial charge in [-0.15, -0.1) is 0 Å². The first-order valence-corrected chi connectivity index (χ1v) is 6.10. The van der Waals surface area contributed by atoms with Crippen LogP contribution in [0.5, 0.6) is 0 Å². The summed E-state index contributed by atoms with van der Waals surface area (Å²) in [6, 6.07) is 3.51. The first-order chi connectivity index (χ1) is 8.38. The number of carbonyl (C=O) groups is 2. The Morgan fingerprint density at radius 2 is 1.83 bits per heavy atom. The van der Waals surface area contributed by atoms with Crippen molar-refractivity contribution in [2.45, 2.75) is 34.1 Å². The van der Waals surface area contributed by atoms with Crippen molar-refractivity contribution < 1.29 is 14.3 Å². The zero-order valence-corrected chi connectivity index (χ0v) is 11.7. The molecule has 0 aromatic heterocycles. The number of benzene rings is 1. The lowest BCUT2D eigenvalue weighted by Gasteiger charge is -2.13. The van der Waals surface area contributed by atoms with E-state index in [1.807, 2.05) is 33.8 Å². The zero-order chi connectivity index (χ0) is 13.9. The highest BCUT2D eigenvalue weighted by Gasteiger charge is 2.21. The second-order valence-electron chi connectivity index (χ2n) is 4.94. The molecule has 0 spiro atoms. The Morgan fingerprint density at radius 3 is 2.33 bits per heavy atom. The van der Waals surface area contributed by atoms with Gasteiger partial charge < -0.3 is 4.74 Å². The third-order valence-corrected chi connectivity index (χ3v) is 3.01. The summed E-state index contributed by atoms with van der Waals surface area (Å²) in [4.78, 5) is 24.0. The summed E-state index contributed by atoms with van der Waals surface area (Å²) in [7, 11) is 1.33. The predicted molar refractivity (Wildman–Crippen MR) is 71.0 cm³/mol. The van der Waals surface area contributed by atoms with Crippen molar-refractivity contribution in [3.63, 3.8) is 0 Å². The van der Waals surface area contributed by atoms with E-state index in [1.54, 1.807) is 6.07 Å². The lowest BCUT2D eigenvalue weighted by Crippen LogP contribution is -2.14. The summed E-state index contributed by atoms with van der Waals surface area (Å²) in [6.07, 6.45) is 0.439. The van der Waals surface area contributed by atoms with E-state index in [-0.39, 0.29) is 11.7 Å². The Labute approximate surface area is 108 Å². The lowest BCUT2D eigenvalue weighted by atomic mass is 9.91. The highest BCUT2D eigenvalue weighted by molar-refractivity contribution is 6.07. The zero-order valence-electron chi connectivity index (χ0n) is 11.7. The molecule has 0 aliphatic rings. The van der Waals surface area contributed by atoms with Crippen LogP contribution < -0.4 is 0 Å². The average Bonchev–Trinajstić information content (AvgIpc) is 2.30. The van der Waals surface area contributed by atoms with Crippen LogP contribution in [0.15, 0.2) is 12.1 Å². The van der Waals surface area contributed by atoms with Crippen molar-refractivity contribution >= 4 is 11.8 Å². The number of ketones is 1. The second-order valence-corrected chi connectivity index (χ2v) is 4.94. The maximum absolute atomic E-state index is 12.3. The molecule has 3 nitrogen and oxygen atoms in total. The fraction of sp³-hybridized carbons (Fsp3) is 0.467. The number of carbonyl (C=O) groups excluding carboxylic acids is 2. The molecule has 0 radical (unpaired) electrons. The normalized spacial score (nSPS) is 10.6. The SMILES string of the molecule is COC(=O)c1ccc(C)c(C)c1C(=O)CC(C)C. The third-order valence-electron chi connectivity index (χ3n) is 3.01. The monoisotopic (exact) mass is 248 g/mol. The van der Waals surface area contributed by atoms with Crippen LogP contribution in [0.3, 0.4) is 0 Å². The number of ether oxygens (including phenoxy) is 1. The Balaban J connectivity index is 3.33. The van der Waals surface area contributed by atoms with Crippen molar-refractivity contribution in [3.05, 3.63) is 34.4 Å². The molecule has 0 aliphatic heterocycles. The van der Waals surface area contributed by atoms with Gasteiger partial charge in [-0.2, -0.15) is 0 Å². The minimum absolute atomic E-state index is 0.00611. The molecule has 0 unspecified atom stereocenters. The maximum Gasteiger partial charge on any atom is 0.338 e. The standard InChI is InChI=1S/C15H20O3/c1-9(2)8-13(16)14-11(4)10(3)6-7-12(14)15(17)18-5/h6-7,9H,8H2,1-5H3. The van der Waals surface area contributed by atoms with E-state index in [2.05, 4.69) is 0 Å². The van der Waals surface area contributed by atoms with Crippen molar-refractivity contribution in [1.82, 2.24) is 0 Å². The van der Waals surface area contributed by atoms with Crippen LogP contribution in [0.2, 0.25) is 0 Å². The van der Waals surface area contributed by atoms with Crippen LogP contribution in [0.4, 0.5) is 0 Å². The average molecular weight is 248 g/mol. The van der Waals surface area contributed by atoms with Crippen LogP contribution >= 0.6 is 0 Å². The van der Waals surface area contributed by atoms with Gasteiger partial charge in [0.1, 0.15) is 0 Å². The van der Waals surface area contributed by atoms with Crippen LogP contribution in [0, 0.1) is 19.8 Å². The fourth-order valence-corrected chi connectivity index (χ4v) is 1.93. The summed E-state index contributed by atoms with van der Waals surface area (Å²) in [5, 5.41) is 0. The Bertz CT molecular complexity index is 473. The first-order valence-electron chi connectivity index (χ1n) is 6.10. The molecule has 0 saturated heterocycles. The number of esters is 1. The highest BCUT2D eigenvalue weighted by atomic mass is 16.5. The molecule has 0 saturated carbocycles. The van der Waals surface area contributed by atoms with Crippen LogP contribution in [-0.4, -0.2) is 18.9 Å². The van der Waals surface area contributed by atoms with Gasteiger partial charge in [0.25, 0.3) is 0 Å². The van der Waals surface area contributed by atoms with Crippen molar-refractivity contribution in [2.24, 2.45) is 5.92 Å². The number of Topliss-reactive ketones (excluding diaryl/α,β-unsaturated/α-hetero) is 1. The van der Waals surface area contributed by atoms with E-state index in [0.717, 1.165) is 11.1 Å². The van der Waals surface area contributed by atoms with E-state index in [1.165, 1.54) is 7.11 Å². The molecular weight excluding hydrogens is 228 g/mol. The van der Waals surface area contributed by atoms with Gasteiger partial charge in [0, 0.05) is 12.0 Å². The molecular formula is C15H20O3. The topological polar surface area (TPSA) is 43.4 Å². The van der Waals surface area contributed by atoms with Gasteiger partial charge >= 0.3 is 5.97 Å². The molecule has 0 aliphatic carbocycles. The molecule has 0 atom stereocenters. The summed E-state index contributed by atoms with van der Waals surface area (Å²) in [5.41, 5.74) is 2.75. The van der Waals surface area contributed by atoms with Crippen molar-refractivity contribution in [3.8, 4) is 0 Å². The second kappa shape index (κ2) is 5.80. The maximum atomic E-state index is 12.3. The van der Waals surface area contributed by atoms with Gasteiger partial charge in [-0.05, 0) is 37.0 Å². The van der Waals surface area contributed by atoms with E-state index in [9.17, 15) is 9.59 Å². The quantitative estimate of drug-likeness (QED) is 0.606. The largest absolute Gasteiger partial charge is 0.465 e. The van der Waals surface area contributed by atoms with Crippen LogP contribution in [0.1, 0.15) is 52.1 Å². The molecule has 98 valence electrons. The molecule has 18 heavy (non-hydrogen) atoms. The van der Waals surface area contributed by atoms with Crippen molar-refractivity contribution in [1.29, 1.82) is 0 Å². The molecule has 0 fully saturated rings. The predicted octanol–water partition coefficient (Wildman–Crippen LogP) is 3.32. The molecule has 0 N–H and O–H groups in total. The summed E-state index contributed by atoms with van der Waals surface area (Å²) >= 11 is 0. The molecule has 0 amide bonds. The molecule has 1 aromatic carbocycles. The van der Waals surface area contributed by atoms with Gasteiger partial charge in [0.2, 0.25) is 0 Å². The fourth-order valence-electron chi connectivity index (χ4n) is 1.93. The molecule has 0 heterocycles. The summed E-state index contributed by atoms with van der Waals surface area (Å²) in [5.74, 6) is -0.181. The van der Waals surface area contributed by atoms with Gasteiger partial charge in [-0.25, -0.2) is 4.79 Å². The lowest BCUT2D eigenvalue weighted by molar-refractivity contribution is 0.0596. The molecule has 3 heteroatoms. The molecule has 1 rings (SSSR count). The number of hydrogen-bond acceptors (Lipinski definition) is 3. The van der Waals surface area contributed by atoms with E-state index in [0.29, 0.717) is 17.5 Å². The van der Waals surface area contributed by atoms with Gasteiger partial charge in [0.15, 0.2) is 5.78 Å². The minimum atomic E-state index is -0.454. The van der Waals surface area contributed by atoms with E-state index < -0.39 is 5.97 Å². The Morgan fingerprint density at radius 1 is 1.22 bits per heavy atom. The smallest absolute Gasteiger partial charge is 0.338 e. The van der Waals surface area contributed by atoms with Crippen molar-refractivity contribution in [2.75, 3.05) is 7.11 Å². The van der Waals surface area contributed by atoms with Gasteiger partial charge in [0.05, 0.1) is 12.7 Å². The highest BCUT2D eigenvalue weighted by Crippen LogP contribution is 2.22. The number of methoxy groups -OCH3 is 1. The number of aryl methyl sites for hydroxylation is 1. The van der Waals surface area contributed by atoms with Crippen LogP contribution in [-0.2, 0) is 4.74 Å². The summed E-state index contributed by atoms with van der Waals surface area (Å²) < 4.78 is 4.74. The van der Waals surface area contributed by atoms with Crippen LogP contribution in [0.25, 0.3) is 0 Å². The molecule has 0 bridgehead atoms. The summed E-state index contributed by atoms with van der Waals surface area (Å²) in [6.45, 7) is 7.78. The third kappa shape index (κ3) is 2.97. The first kappa shape index (κ1) is 14.4. The number of rotatable bonds is 4. The van der Waals surface area contributed by atoms with Gasteiger partial charge in [-0.1, -0.05) is 19.9 Å². The minimum Gasteiger partial charge on any atom is -0.465 e. The van der Waals surface area contributed by atoms with E-state index in [4.69, 9.17) is 4.74 Å². The Kier molecular flexibility index (Phi) is 4.65.